The third-order valence-corrected chi connectivity index (χ3v) is 5.32. The van der Waals surface area contributed by atoms with Crippen molar-refractivity contribution >= 4 is 23.4 Å². The standard InChI is InChI=1S/C23H22F3N5O3/c1-2-34-22(33)18-14-28-31(20(18)23(24,25)26)17-7-5-6-16(12-17)29-21(32)15-8-9-19(27-13-15)30-10-3-4-11-30/h5-9,12-14H,2-4,10-11H2,1H3,(H,29,32). The predicted octanol–water partition coefficient (Wildman–Crippen LogP) is 4.32. The highest BCUT2D eigenvalue weighted by atomic mass is 19.4. The van der Waals surface area contributed by atoms with E-state index in [9.17, 15) is 22.8 Å². The van der Waals surface area contributed by atoms with E-state index in [1.807, 2.05) is 0 Å². The lowest BCUT2D eigenvalue weighted by molar-refractivity contribution is -0.143. The number of ether oxygens (including phenoxy) is 1. The van der Waals surface area contributed by atoms with Crippen LogP contribution in [-0.4, -0.2) is 46.3 Å². The number of nitrogens with zero attached hydrogens (tertiary/aromatic N) is 4. The molecule has 3 heterocycles. The third kappa shape index (κ3) is 4.87. The van der Waals surface area contributed by atoms with Gasteiger partial charge in [0.05, 0.1) is 24.1 Å². The number of hydrogen-bond acceptors (Lipinski definition) is 6. The van der Waals surface area contributed by atoms with Gasteiger partial charge in [0.15, 0.2) is 5.69 Å². The zero-order valence-electron chi connectivity index (χ0n) is 18.3. The molecular formula is C23H22F3N5O3. The smallest absolute Gasteiger partial charge is 0.434 e. The Labute approximate surface area is 193 Å². The molecule has 1 aliphatic rings. The van der Waals surface area contributed by atoms with Gasteiger partial charge in [-0.3, -0.25) is 4.79 Å². The number of carbonyl (C=O) groups is 2. The summed E-state index contributed by atoms with van der Waals surface area (Å²) in [5, 5.41) is 6.41. The summed E-state index contributed by atoms with van der Waals surface area (Å²) in [6.07, 6.45) is -0.365. The Bertz CT molecular complexity index is 1190. The lowest BCUT2D eigenvalue weighted by atomic mass is 10.2. The summed E-state index contributed by atoms with van der Waals surface area (Å²) >= 11 is 0. The summed E-state index contributed by atoms with van der Waals surface area (Å²) in [5.41, 5.74) is -1.35. The van der Waals surface area contributed by atoms with Gasteiger partial charge >= 0.3 is 12.1 Å². The van der Waals surface area contributed by atoms with E-state index in [0.29, 0.717) is 10.2 Å². The van der Waals surface area contributed by atoms with E-state index in [2.05, 4.69) is 20.3 Å². The van der Waals surface area contributed by atoms with Gasteiger partial charge in [0.2, 0.25) is 0 Å². The molecule has 11 heteroatoms. The normalized spacial score (nSPS) is 13.7. The molecule has 0 spiro atoms. The molecule has 1 fully saturated rings. The molecule has 4 rings (SSSR count). The van der Waals surface area contributed by atoms with Gasteiger partial charge in [-0.05, 0) is 50.1 Å². The number of esters is 1. The van der Waals surface area contributed by atoms with Crippen LogP contribution >= 0.6 is 0 Å². The van der Waals surface area contributed by atoms with Gasteiger partial charge in [0, 0.05) is 25.0 Å². The maximum absolute atomic E-state index is 13.8. The molecule has 8 nitrogen and oxygen atoms in total. The summed E-state index contributed by atoms with van der Waals surface area (Å²) < 4.78 is 46.6. The molecule has 0 aliphatic carbocycles. The second-order valence-corrected chi connectivity index (χ2v) is 7.64. The van der Waals surface area contributed by atoms with Gasteiger partial charge in [-0.1, -0.05) is 6.07 Å². The van der Waals surface area contributed by atoms with Gasteiger partial charge in [-0.2, -0.15) is 18.3 Å². The van der Waals surface area contributed by atoms with Crippen molar-refractivity contribution in [3.63, 3.8) is 0 Å². The number of aromatic nitrogens is 3. The molecule has 1 saturated heterocycles. The van der Waals surface area contributed by atoms with Crippen molar-refractivity contribution in [1.29, 1.82) is 0 Å². The Morgan fingerprint density at radius 1 is 1.12 bits per heavy atom. The van der Waals surface area contributed by atoms with Crippen molar-refractivity contribution in [2.45, 2.75) is 25.9 Å². The van der Waals surface area contributed by atoms with Crippen molar-refractivity contribution in [3.05, 3.63) is 65.6 Å². The zero-order valence-corrected chi connectivity index (χ0v) is 18.3. The van der Waals surface area contributed by atoms with E-state index < -0.39 is 29.3 Å². The fourth-order valence-corrected chi connectivity index (χ4v) is 3.75. The average Bonchev–Trinajstić information content (AvgIpc) is 3.50. The van der Waals surface area contributed by atoms with Crippen molar-refractivity contribution in [2.24, 2.45) is 0 Å². The van der Waals surface area contributed by atoms with Crippen LogP contribution in [0.2, 0.25) is 0 Å². The van der Waals surface area contributed by atoms with Crippen LogP contribution in [0.4, 0.5) is 24.7 Å². The molecule has 34 heavy (non-hydrogen) atoms. The number of nitrogens with one attached hydrogen (secondary N) is 1. The van der Waals surface area contributed by atoms with E-state index >= 15 is 0 Å². The minimum absolute atomic E-state index is 0.0168. The monoisotopic (exact) mass is 473 g/mol. The quantitative estimate of drug-likeness (QED) is 0.537. The second kappa shape index (κ2) is 9.54. The minimum Gasteiger partial charge on any atom is -0.462 e. The molecule has 3 aromatic rings. The Balaban J connectivity index is 1.56. The van der Waals surface area contributed by atoms with E-state index in [0.717, 1.165) is 37.9 Å². The predicted molar refractivity (Wildman–Crippen MR) is 118 cm³/mol. The number of pyridine rings is 1. The molecular weight excluding hydrogens is 451 g/mol. The fourth-order valence-electron chi connectivity index (χ4n) is 3.75. The largest absolute Gasteiger partial charge is 0.462 e. The maximum Gasteiger partial charge on any atom is 0.434 e. The number of anilines is 2. The topological polar surface area (TPSA) is 89.3 Å². The Hall–Kier alpha value is -3.89. The van der Waals surface area contributed by atoms with Crippen LogP contribution in [0.15, 0.2) is 48.8 Å². The first-order valence-corrected chi connectivity index (χ1v) is 10.7. The fraction of sp³-hybridized carbons (Fsp3) is 0.304. The molecule has 0 saturated carbocycles. The van der Waals surface area contributed by atoms with Crippen LogP contribution in [0.25, 0.3) is 5.69 Å². The number of alkyl halides is 3. The van der Waals surface area contributed by atoms with Crippen molar-refractivity contribution in [3.8, 4) is 5.69 Å². The van der Waals surface area contributed by atoms with E-state index in [1.165, 1.54) is 37.4 Å². The first-order valence-electron chi connectivity index (χ1n) is 10.7. The van der Waals surface area contributed by atoms with Crippen molar-refractivity contribution < 1.29 is 27.5 Å². The molecule has 1 N–H and O–H groups in total. The van der Waals surface area contributed by atoms with Gasteiger partial charge in [0.1, 0.15) is 11.4 Å². The number of carbonyl (C=O) groups excluding carboxylic acids is 2. The molecule has 0 radical (unpaired) electrons. The minimum atomic E-state index is -4.86. The zero-order chi connectivity index (χ0) is 24.3. The maximum atomic E-state index is 13.8. The van der Waals surface area contributed by atoms with Gasteiger partial charge in [-0.25, -0.2) is 14.5 Å². The van der Waals surface area contributed by atoms with Crippen LogP contribution in [0.1, 0.15) is 46.2 Å². The number of halogens is 3. The SMILES string of the molecule is CCOC(=O)c1cnn(-c2cccc(NC(=O)c3ccc(N4CCCC4)nc3)c2)c1C(F)(F)F. The molecule has 178 valence electrons. The molecule has 1 aliphatic heterocycles. The highest BCUT2D eigenvalue weighted by Crippen LogP contribution is 2.34. The highest BCUT2D eigenvalue weighted by Gasteiger charge is 2.41. The Kier molecular flexibility index (Phi) is 6.53. The summed E-state index contributed by atoms with van der Waals surface area (Å²) in [4.78, 5) is 31.1. The van der Waals surface area contributed by atoms with E-state index in [1.54, 1.807) is 12.1 Å². The number of benzene rings is 1. The molecule has 1 amide bonds. The molecule has 0 bridgehead atoms. The first kappa shape index (κ1) is 23.3. The molecule has 0 atom stereocenters. The summed E-state index contributed by atoms with van der Waals surface area (Å²) in [6, 6.07) is 9.16. The van der Waals surface area contributed by atoms with Crippen LogP contribution in [0.3, 0.4) is 0 Å². The van der Waals surface area contributed by atoms with Crippen LogP contribution in [0.5, 0.6) is 0 Å². The van der Waals surface area contributed by atoms with Crippen LogP contribution in [-0.2, 0) is 10.9 Å². The Morgan fingerprint density at radius 2 is 1.88 bits per heavy atom. The highest BCUT2D eigenvalue weighted by molar-refractivity contribution is 6.04. The average molecular weight is 473 g/mol. The van der Waals surface area contributed by atoms with Crippen LogP contribution in [0, 0.1) is 0 Å². The number of hydrogen-bond donors (Lipinski definition) is 1. The second-order valence-electron chi connectivity index (χ2n) is 7.64. The summed E-state index contributed by atoms with van der Waals surface area (Å²) in [7, 11) is 0. The van der Waals surface area contributed by atoms with Gasteiger partial charge < -0.3 is 15.0 Å². The lowest BCUT2D eigenvalue weighted by Gasteiger charge is -2.16. The molecule has 0 unspecified atom stereocenters. The first-order chi connectivity index (χ1) is 16.3. The number of rotatable bonds is 6. The van der Waals surface area contributed by atoms with Crippen molar-refractivity contribution in [1.82, 2.24) is 14.8 Å². The molecule has 1 aromatic carbocycles. The van der Waals surface area contributed by atoms with Gasteiger partial charge in [0.25, 0.3) is 5.91 Å². The summed E-state index contributed by atoms with van der Waals surface area (Å²) in [5.74, 6) is -0.774. The molecule has 2 aromatic heterocycles. The summed E-state index contributed by atoms with van der Waals surface area (Å²) in [6.45, 7) is 3.28. The van der Waals surface area contributed by atoms with E-state index in [4.69, 9.17) is 4.74 Å². The Morgan fingerprint density at radius 3 is 2.53 bits per heavy atom. The lowest BCUT2D eigenvalue weighted by Crippen LogP contribution is -2.20. The van der Waals surface area contributed by atoms with Crippen molar-refractivity contribution in [2.75, 3.05) is 29.9 Å². The van der Waals surface area contributed by atoms with E-state index in [-0.39, 0.29) is 18.0 Å². The number of amides is 1. The third-order valence-electron chi connectivity index (χ3n) is 5.32. The van der Waals surface area contributed by atoms with Gasteiger partial charge in [-0.15, -0.1) is 0 Å². The van der Waals surface area contributed by atoms with Crippen LogP contribution < -0.4 is 10.2 Å².